The lowest BCUT2D eigenvalue weighted by atomic mass is 9.88. The largest absolute Gasteiger partial charge is 0.0905 e. The summed E-state index contributed by atoms with van der Waals surface area (Å²) >= 11 is 0. The fraction of sp³-hybridized carbons (Fsp3) is 0.263. The van der Waals surface area contributed by atoms with Crippen LogP contribution in [-0.4, -0.2) is 0 Å². The van der Waals surface area contributed by atoms with E-state index in [0.717, 1.165) is 12.0 Å². The summed E-state index contributed by atoms with van der Waals surface area (Å²) in [6.07, 6.45) is 1.04. The summed E-state index contributed by atoms with van der Waals surface area (Å²) in [5.41, 5.74) is 6.43. The maximum atomic E-state index is 4.35. The third kappa shape index (κ3) is 2.78. The second-order valence-electron chi connectivity index (χ2n) is 5.23. The smallest absolute Gasteiger partial charge is 0.0149 e. The quantitative estimate of drug-likeness (QED) is 0.678. The minimum absolute atomic E-state index is 0.515. The van der Waals surface area contributed by atoms with Crippen LogP contribution in [0, 0.1) is 0 Å². The van der Waals surface area contributed by atoms with E-state index in [2.05, 4.69) is 75.9 Å². The van der Waals surface area contributed by atoms with Crippen LogP contribution in [0.25, 0.3) is 5.57 Å². The monoisotopic (exact) mass is 250 g/mol. The van der Waals surface area contributed by atoms with Crippen LogP contribution in [0.5, 0.6) is 0 Å². The highest BCUT2D eigenvalue weighted by Gasteiger charge is 2.12. The van der Waals surface area contributed by atoms with Crippen molar-refractivity contribution in [1.82, 2.24) is 0 Å². The van der Waals surface area contributed by atoms with E-state index in [1.54, 1.807) is 0 Å². The topological polar surface area (TPSA) is 0 Å². The normalized spacial score (nSPS) is 10.7. The van der Waals surface area contributed by atoms with Crippen molar-refractivity contribution in [1.29, 1.82) is 0 Å². The summed E-state index contributed by atoms with van der Waals surface area (Å²) < 4.78 is 0. The van der Waals surface area contributed by atoms with Gasteiger partial charge in [-0.3, -0.25) is 0 Å². The molecule has 0 aromatic heterocycles. The molecular formula is C19H22. The molecule has 0 spiro atoms. The van der Waals surface area contributed by atoms with Crippen molar-refractivity contribution >= 4 is 5.57 Å². The average Bonchev–Trinajstić information content (AvgIpc) is 2.46. The van der Waals surface area contributed by atoms with Crippen LogP contribution in [0.2, 0.25) is 0 Å². The molecule has 0 fully saturated rings. The van der Waals surface area contributed by atoms with E-state index in [9.17, 15) is 0 Å². The Morgan fingerprint density at radius 1 is 0.947 bits per heavy atom. The fourth-order valence-corrected chi connectivity index (χ4v) is 2.54. The predicted octanol–water partition coefficient (Wildman–Crippen LogP) is 5.43. The SMILES string of the molecule is C=C(c1ccccc1CC)c1ccccc1C(C)C. The summed E-state index contributed by atoms with van der Waals surface area (Å²) in [7, 11) is 0. The highest BCUT2D eigenvalue weighted by Crippen LogP contribution is 2.30. The lowest BCUT2D eigenvalue weighted by molar-refractivity contribution is 0.863. The molecule has 0 saturated heterocycles. The molecule has 19 heavy (non-hydrogen) atoms. The van der Waals surface area contributed by atoms with E-state index in [1.165, 1.54) is 22.3 Å². The summed E-state index contributed by atoms with van der Waals surface area (Å²) in [6.45, 7) is 11.0. The molecule has 2 aromatic carbocycles. The lowest BCUT2D eigenvalue weighted by Gasteiger charge is -2.17. The molecule has 0 N–H and O–H groups in total. The van der Waals surface area contributed by atoms with Gasteiger partial charge in [0.05, 0.1) is 0 Å². The molecular weight excluding hydrogens is 228 g/mol. The van der Waals surface area contributed by atoms with Gasteiger partial charge in [0.2, 0.25) is 0 Å². The Balaban J connectivity index is 2.50. The molecule has 0 amide bonds. The first-order chi connectivity index (χ1) is 9.15. The Hall–Kier alpha value is -1.82. The maximum Gasteiger partial charge on any atom is -0.0149 e. The molecule has 0 aliphatic heterocycles. The molecule has 2 rings (SSSR count). The molecule has 0 aliphatic carbocycles. The van der Waals surface area contributed by atoms with E-state index >= 15 is 0 Å². The van der Waals surface area contributed by atoms with E-state index < -0.39 is 0 Å². The van der Waals surface area contributed by atoms with Crippen LogP contribution in [-0.2, 0) is 6.42 Å². The zero-order valence-electron chi connectivity index (χ0n) is 12.1. The van der Waals surface area contributed by atoms with Crippen molar-refractivity contribution in [2.75, 3.05) is 0 Å². The molecule has 0 atom stereocenters. The van der Waals surface area contributed by atoms with Crippen LogP contribution in [0.3, 0.4) is 0 Å². The Kier molecular flexibility index (Phi) is 4.21. The van der Waals surface area contributed by atoms with Crippen molar-refractivity contribution in [2.24, 2.45) is 0 Å². The van der Waals surface area contributed by atoms with Gasteiger partial charge in [-0.15, -0.1) is 0 Å². The van der Waals surface area contributed by atoms with Gasteiger partial charge in [-0.05, 0) is 40.2 Å². The van der Waals surface area contributed by atoms with E-state index in [0.29, 0.717) is 5.92 Å². The lowest BCUT2D eigenvalue weighted by Crippen LogP contribution is -1.98. The van der Waals surface area contributed by atoms with Gasteiger partial charge < -0.3 is 0 Å². The molecule has 0 heterocycles. The number of benzene rings is 2. The second kappa shape index (κ2) is 5.88. The Morgan fingerprint density at radius 2 is 1.53 bits per heavy atom. The minimum Gasteiger partial charge on any atom is -0.0905 e. The molecule has 0 unspecified atom stereocenters. The average molecular weight is 250 g/mol. The first-order valence-electron chi connectivity index (χ1n) is 7.01. The third-order valence-corrected chi connectivity index (χ3v) is 3.63. The molecule has 0 radical (unpaired) electrons. The molecule has 0 heteroatoms. The highest BCUT2D eigenvalue weighted by atomic mass is 14.2. The highest BCUT2D eigenvalue weighted by molar-refractivity contribution is 5.81. The Bertz CT molecular complexity index is 576. The predicted molar refractivity (Wildman–Crippen MR) is 84.5 cm³/mol. The third-order valence-electron chi connectivity index (χ3n) is 3.63. The Morgan fingerprint density at radius 3 is 2.16 bits per heavy atom. The number of aryl methyl sites for hydroxylation is 1. The van der Waals surface area contributed by atoms with Crippen LogP contribution in [0.15, 0.2) is 55.1 Å². The zero-order chi connectivity index (χ0) is 13.8. The van der Waals surface area contributed by atoms with Gasteiger partial charge in [0.15, 0.2) is 0 Å². The van der Waals surface area contributed by atoms with E-state index in [-0.39, 0.29) is 0 Å². The molecule has 98 valence electrons. The van der Waals surface area contributed by atoms with Gasteiger partial charge in [-0.2, -0.15) is 0 Å². The van der Waals surface area contributed by atoms with E-state index in [4.69, 9.17) is 0 Å². The maximum absolute atomic E-state index is 4.35. The molecule has 0 aliphatic rings. The van der Waals surface area contributed by atoms with Crippen molar-refractivity contribution in [2.45, 2.75) is 33.1 Å². The first-order valence-corrected chi connectivity index (χ1v) is 7.01. The minimum atomic E-state index is 0.515. The van der Waals surface area contributed by atoms with Crippen molar-refractivity contribution in [3.05, 3.63) is 77.4 Å². The van der Waals surface area contributed by atoms with E-state index in [1.807, 2.05) is 0 Å². The molecule has 0 bridgehead atoms. The van der Waals surface area contributed by atoms with Crippen LogP contribution < -0.4 is 0 Å². The van der Waals surface area contributed by atoms with Crippen molar-refractivity contribution < 1.29 is 0 Å². The molecule has 0 saturated carbocycles. The summed E-state index contributed by atoms with van der Waals surface area (Å²) in [5.74, 6) is 0.515. The first kappa shape index (κ1) is 13.6. The van der Waals surface area contributed by atoms with Gasteiger partial charge >= 0.3 is 0 Å². The summed E-state index contributed by atoms with van der Waals surface area (Å²) in [5, 5.41) is 0. The summed E-state index contributed by atoms with van der Waals surface area (Å²) in [6, 6.07) is 17.2. The van der Waals surface area contributed by atoms with Gasteiger partial charge in [0, 0.05) is 0 Å². The standard InChI is InChI=1S/C19H22/c1-5-16-10-6-7-12-18(16)15(4)19-13-9-8-11-17(19)14(2)3/h6-14H,4-5H2,1-3H3. The second-order valence-corrected chi connectivity index (χ2v) is 5.23. The van der Waals surface area contributed by atoms with Crippen LogP contribution in [0.4, 0.5) is 0 Å². The number of hydrogen-bond donors (Lipinski definition) is 0. The van der Waals surface area contributed by atoms with Crippen molar-refractivity contribution in [3.63, 3.8) is 0 Å². The van der Waals surface area contributed by atoms with Crippen LogP contribution in [0.1, 0.15) is 48.9 Å². The Labute approximate surface area is 116 Å². The van der Waals surface area contributed by atoms with Gasteiger partial charge in [0.25, 0.3) is 0 Å². The van der Waals surface area contributed by atoms with Crippen LogP contribution >= 0.6 is 0 Å². The molecule has 2 aromatic rings. The zero-order valence-corrected chi connectivity index (χ0v) is 12.1. The number of rotatable bonds is 4. The van der Waals surface area contributed by atoms with Crippen molar-refractivity contribution in [3.8, 4) is 0 Å². The van der Waals surface area contributed by atoms with Gasteiger partial charge in [-0.1, -0.05) is 75.9 Å². The summed E-state index contributed by atoms with van der Waals surface area (Å²) in [4.78, 5) is 0. The fourth-order valence-electron chi connectivity index (χ4n) is 2.54. The molecule has 0 nitrogen and oxygen atoms in total. The van der Waals surface area contributed by atoms with Gasteiger partial charge in [-0.25, -0.2) is 0 Å². The number of hydrogen-bond acceptors (Lipinski definition) is 0. The van der Waals surface area contributed by atoms with Gasteiger partial charge in [0.1, 0.15) is 0 Å².